The third-order valence-corrected chi connectivity index (χ3v) is 6.98. The number of esters is 1. The number of nitrogens with zero attached hydrogens (tertiary/aromatic N) is 2. The van der Waals surface area contributed by atoms with E-state index in [0.29, 0.717) is 25.1 Å². The molecule has 2 aromatic rings. The van der Waals surface area contributed by atoms with Gasteiger partial charge in [0.15, 0.2) is 0 Å². The van der Waals surface area contributed by atoms with Crippen molar-refractivity contribution in [2.75, 3.05) is 33.3 Å². The van der Waals surface area contributed by atoms with Gasteiger partial charge in [-0.05, 0) is 56.3 Å². The van der Waals surface area contributed by atoms with Crippen LogP contribution in [0.25, 0.3) is 10.9 Å². The van der Waals surface area contributed by atoms with Gasteiger partial charge in [0, 0.05) is 42.1 Å². The molecule has 1 aliphatic heterocycles. The van der Waals surface area contributed by atoms with E-state index in [4.69, 9.17) is 10.5 Å². The summed E-state index contributed by atoms with van der Waals surface area (Å²) in [5.41, 5.74) is 10.5. The monoisotopic (exact) mass is 426 g/mol. The van der Waals surface area contributed by atoms with Crippen LogP contribution in [0.3, 0.4) is 0 Å². The number of ether oxygens (including phenoxy) is 1. The molecule has 4 atom stereocenters. The van der Waals surface area contributed by atoms with E-state index >= 15 is 0 Å². The van der Waals surface area contributed by atoms with Crippen molar-refractivity contribution in [1.82, 2.24) is 14.8 Å². The van der Waals surface area contributed by atoms with Crippen molar-refractivity contribution in [1.29, 1.82) is 0 Å². The number of nitrogens with one attached hydrogen (secondary N) is 1. The highest BCUT2D eigenvalue weighted by molar-refractivity contribution is 5.89. The fraction of sp³-hybridized carbons (Fsp3) is 0.583. The van der Waals surface area contributed by atoms with Crippen molar-refractivity contribution in [3.63, 3.8) is 0 Å². The van der Waals surface area contributed by atoms with E-state index in [1.807, 2.05) is 6.92 Å². The van der Waals surface area contributed by atoms with E-state index in [9.17, 15) is 9.59 Å². The maximum absolute atomic E-state index is 13.3. The Balaban J connectivity index is 1.54. The number of nitrogens with two attached hydrogens (primary N) is 1. The molecule has 1 saturated heterocycles. The summed E-state index contributed by atoms with van der Waals surface area (Å²) in [6.07, 6.45) is 4.80. The van der Waals surface area contributed by atoms with Crippen LogP contribution >= 0.6 is 0 Å². The number of hydrogen-bond donors (Lipinski definition) is 2. The van der Waals surface area contributed by atoms with Gasteiger partial charge in [-0.2, -0.15) is 0 Å². The molecule has 4 rings (SSSR count). The first-order valence-corrected chi connectivity index (χ1v) is 11.4. The van der Waals surface area contributed by atoms with Gasteiger partial charge < -0.3 is 25.3 Å². The molecule has 0 bridgehead atoms. The molecule has 7 nitrogen and oxygen atoms in total. The first-order valence-electron chi connectivity index (χ1n) is 11.4. The zero-order valence-corrected chi connectivity index (χ0v) is 18.8. The van der Waals surface area contributed by atoms with Gasteiger partial charge in [0.05, 0.1) is 12.6 Å². The normalized spacial score (nSPS) is 23.9. The number of carbonyl (C=O) groups is 2. The molecule has 0 radical (unpaired) electrons. The molecule has 1 aromatic heterocycles. The quantitative estimate of drug-likeness (QED) is 0.663. The zero-order valence-electron chi connectivity index (χ0n) is 18.8. The number of aromatic amines is 1. The molecule has 1 fully saturated rings. The van der Waals surface area contributed by atoms with E-state index < -0.39 is 6.04 Å². The smallest absolute Gasteiger partial charge is 0.325 e. The topological polar surface area (TPSA) is 91.7 Å². The highest BCUT2D eigenvalue weighted by Crippen LogP contribution is 2.44. The average molecular weight is 427 g/mol. The van der Waals surface area contributed by atoms with Crippen molar-refractivity contribution in [2.45, 2.75) is 51.1 Å². The lowest BCUT2D eigenvalue weighted by Crippen LogP contribution is -2.56. The Labute approximate surface area is 183 Å². The highest BCUT2D eigenvalue weighted by atomic mass is 16.5. The molecule has 0 spiro atoms. The summed E-state index contributed by atoms with van der Waals surface area (Å²) in [6, 6.07) is 6.25. The van der Waals surface area contributed by atoms with Crippen LogP contribution in [-0.2, 0) is 20.7 Å². The van der Waals surface area contributed by atoms with Crippen LogP contribution in [0.2, 0.25) is 0 Å². The summed E-state index contributed by atoms with van der Waals surface area (Å²) in [5, 5.41) is 1.34. The summed E-state index contributed by atoms with van der Waals surface area (Å²) in [6.45, 7) is 5.32. The number of hydrogen-bond acceptors (Lipinski definition) is 5. The van der Waals surface area contributed by atoms with Gasteiger partial charge >= 0.3 is 5.97 Å². The molecule has 0 saturated carbocycles. The number of fused-ring (bicyclic) bond motifs is 2. The highest BCUT2D eigenvalue weighted by Gasteiger charge is 2.42. The number of carbonyl (C=O) groups excluding carboxylic acids is 2. The number of aromatic nitrogens is 1. The molecular weight excluding hydrogens is 392 g/mol. The van der Waals surface area contributed by atoms with Gasteiger partial charge in [0.1, 0.15) is 6.54 Å². The number of rotatable bonds is 7. The fourth-order valence-electron chi connectivity index (χ4n) is 5.56. The molecule has 1 amide bonds. The lowest BCUT2D eigenvalue weighted by atomic mass is 9.71. The predicted molar refractivity (Wildman–Crippen MR) is 121 cm³/mol. The van der Waals surface area contributed by atoms with Crippen LogP contribution in [0.1, 0.15) is 43.7 Å². The van der Waals surface area contributed by atoms with Crippen LogP contribution < -0.4 is 5.73 Å². The summed E-state index contributed by atoms with van der Waals surface area (Å²) in [4.78, 5) is 32.6. The minimum atomic E-state index is -0.629. The summed E-state index contributed by atoms with van der Waals surface area (Å²) in [7, 11) is 2.14. The van der Waals surface area contributed by atoms with E-state index in [1.165, 1.54) is 22.0 Å². The lowest BCUT2D eigenvalue weighted by Gasteiger charge is -2.47. The van der Waals surface area contributed by atoms with Crippen molar-refractivity contribution in [3.8, 4) is 0 Å². The molecule has 2 heterocycles. The van der Waals surface area contributed by atoms with Gasteiger partial charge in [-0.1, -0.05) is 19.1 Å². The Morgan fingerprint density at radius 1 is 1.35 bits per heavy atom. The van der Waals surface area contributed by atoms with Crippen molar-refractivity contribution < 1.29 is 14.3 Å². The Kier molecular flexibility index (Phi) is 6.34. The molecular formula is C24H34N4O3. The maximum Gasteiger partial charge on any atom is 0.325 e. The van der Waals surface area contributed by atoms with Crippen LogP contribution in [0.4, 0.5) is 0 Å². The van der Waals surface area contributed by atoms with Gasteiger partial charge in [-0.3, -0.25) is 9.59 Å². The molecule has 7 heteroatoms. The molecule has 2 aliphatic rings. The van der Waals surface area contributed by atoms with Crippen LogP contribution in [0.5, 0.6) is 0 Å². The number of H-pyrrole nitrogens is 1. The van der Waals surface area contributed by atoms with Gasteiger partial charge in [0.2, 0.25) is 5.91 Å². The second kappa shape index (κ2) is 9.01. The number of likely N-dealkylation sites (tertiary alicyclic amines) is 1. The minimum absolute atomic E-state index is 0.0329. The predicted octanol–water partition coefficient (Wildman–Crippen LogP) is 2.26. The molecule has 168 valence electrons. The average Bonchev–Trinajstić information content (AvgIpc) is 3.17. The van der Waals surface area contributed by atoms with Gasteiger partial charge in [-0.25, -0.2) is 0 Å². The van der Waals surface area contributed by atoms with Crippen molar-refractivity contribution in [3.05, 3.63) is 35.5 Å². The number of likely N-dealkylation sites (N-methyl/N-ethyl adjacent to an activating group) is 1. The van der Waals surface area contributed by atoms with Crippen LogP contribution in [0, 0.1) is 5.92 Å². The Bertz CT molecular complexity index is 955. The Morgan fingerprint density at radius 3 is 2.90 bits per heavy atom. The Hall–Kier alpha value is -2.38. The maximum atomic E-state index is 13.3. The van der Waals surface area contributed by atoms with Crippen LogP contribution in [0.15, 0.2) is 24.4 Å². The van der Waals surface area contributed by atoms with Gasteiger partial charge in [-0.15, -0.1) is 0 Å². The number of amides is 1. The zero-order chi connectivity index (χ0) is 22.1. The minimum Gasteiger partial charge on any atom is -0.465 e. The molecule has 1 aromatic carbocycles. The largest absolute Gasteiger partial charge is 0.465 e. The van der Waals surface area contributed by atoms with Crippen molar-refractivity contribution in [2.24, 2.45) is 11.7 Å². The second-order valence-electron chi connectivity index (χ2n) is 8.99. The summed E-state index contributed by atoms with van der Waals surface area (Å²) < 4.78 is 5.05. The Morgan fingerprint density at radius 2 is 2.16 bits per heavy atom. The lowest BCUT2D eigenvalue weighted by molar-refractivity contribution is -0.150. The van der Waals surface area contributed by atoms with E-state index in [1.54, 1.807) is 11.8 Å². The summed E-state index contributed by atoms with van der Waals surface area (Å²) in [5.74, 6) is -0.144. The second-order valence-corrected chi connectivity index (χ2v) is 8.99. The van der Waals surface area contributed by atoms with E-state index in [-0.39, 0.29) is 24.3 Å². The molecule has 31 heavy (non-hydrogen) atoms. The molecule has 1 unspecified atom stereocenters. The first-order chi connectivity index (χ1) is 14.9. The molecule has 3 N–H and O–H groups in total. The fourth-order valence-corrected chi connectivity index (χ4v) is 5.56. The van der Waals surface area contributed by atoms with Crippen LogP contribution in [-0.4, -0.2) is 72.0 Å². The van der Waals surface area contributed by atoms with Gasteiger partial charge in [0.25, 0.3) is 0 Å². The van der Waals surface area contributed by atoms with Crippen molar-refractivity contribution >= 4 is 22.8 Å². The van der Waals surface area contributed by atoms with E-state index in [0.717, 1.165) is 25.8 Å². The summed E-state index contributed by atoms with van der Waals surface area (Å²) >= 11 is 0. The third kappa shape index (κ3) is 4.08. The number of benzene rings is 1. The third-order valence-electron chi connectivity index (χ3n) is 6.98. The SMILES string of the molecule is CCCN(CC(=O)OCC)C(=O)C(N)[C@@H]1C[C@@H]2c3cccc4[nH]cc(c34)C[C@H]2N(C)C1. The first kappa shape index (κ1) is 21.8. The molecule has 1 aliphatic carbocycles. The van der Waals surface area contributed by atoms with E-state index in [2.05, 4.69) is 41.3 Å². The standard InChI is InChI=1S/C24H34N4O3/c1-4-9-28(14-21(29)31-5-2)24(30)23(25)16-10-18-17-7-6-8-19-22(17)15(12-26-19)11-20(18)27(3)13-16/h6-8,12,16,18,20,23,26H,4-5,9-11,13-14,25H2,1-3H3/t16-,18-,20-,23?/m1/s1. The number of piperidine rings is 1.